The molecule has 2 aromatic carbocycles. The van der Waals surface area contributed by atoms with Crippen molar-refractivity contribution in [1.82, 2.24) is 9.13 Å². The van der Waals surface area contributed by atoms with Gasteiger partial charge in [0.25, 0.3) is 0 Å². The van der Waals surface area contributed by atoms with E-state index in [4.69, 9.17) is 4.74 Å². The van der Waals surface area contributed by atoms with Gasteiger partial charge in [-0.05, 0) is 31.2 Å². The summed E-state index contributed by atoms with van der Waals surface area (Å²) in [6.07, 6.45) is 4.32. The number of fused-ring (bicyclic) bond motifs is 2. The Kier molecular flexibility index (Phi) is 3.78. The van der Waals surface area contributed by atoms with Gasteiger partial charge in [0.2, 0.25) is 19.3 Å². The summed E-state index contributed by atoms with van der Waals surface area (Å²) in [4.78, 5) is 0. The summed E-state index contributed by atoms with van der Waals surface area (Å²) in [7, 11) is 1.72. The lowest BCUT2D eigenvalue weighted by molar-refractivity contribution is -0.891. The first-order valence-electron chi connectivity index (χ1n) is 8.25. The van der Waals surface area contributed by atoms with Crippen LogP contribution in [0.4, 0.5) is 0 Å². The summed E-state index contributed by atoms with van der Waals surface area (Å²) in [6, 6.07) is 17.0. The fourth-order valence-electron chi connectivity index (χ4n) is 3.37. The normalized spacial score (nSPS) is 11.6. The quantitative estimate of drug-likeness (QED) is 0.518. The van der Waals surface area contributed by atoms with Crippen LogP contribution < -0.4 is 9.13 Å². The van der Waals surface area contributed by atoms with E-state index in [1.54, 1.807) is 7.11 Å². The molecule has 0 aliphatic carbocycles. The molecule has 24 heavy (non-hydrogen) atoms. The highest BCUT2D eigenvalue weighted by Gasteiger charge is 2.20. The SMILES string of the molecule is CCn1c[n+](C[n+]2cn(COC)c3ccccc32)c2ccccc21. The first kappa shape index (κ1) is 14.9. The molecule has 4 aromatic rings. The first-order chi connectivity index (χ1) is 11.8. The zero-order chi connectivity index (χ0) is 16.5. The molecule has 0 unspecified atom stereocenters. The van der Waals surface area contributed by atoms with E-state index in [1.165, 1.54) is 22.1 Å². The fourth-order valence-corrected chi connectivity index (χ4v) is 3.37. The molecule has 0 fully saturated rings. The van der Waals surface area contributed by atoms with Gasteiger partial charge in [0.1, 0.15) is 0 Å². The molecular weight excluding hydrogens is 300 g/mol. The van der Waals surface area contributed by atoms with Crippen LogP contribution in [0.15, 0.2) is 61.2 Å². The second kappa shape index (κ2) is 6.09. The molecule has 2 heterocycles. The number of para-hydroxylation sites is 4. The minimum absolute atomic E-state index is 0.550. The summed E-state index contributed by atoms with van der Waals surface area (Å²) < 4.78 is 14.3. The Balaban J connectivity index is 1.83. The van der Waals surface area contributed by atoms with Gasteiger partial charge < -0.3 is 4.74 Å². The van der Waals surface area contributed by atoms with Gasteiger partial charge >= 0.3 is 0 Å². The number of hydrogen-bond donors (Lipinski definition) is 0. The van der Waals surface area contributed by atoms with E-state index in [0.29, 0.717) is 6.73 Å². The Hall–Kier alpha value is -2.66. The molecule has 0 amide bonds. The molecular formula is C19H22N4O+2. The second-order valence-electron chi connectivity index (χ2n) is 5.96. The Morgan fingerprint density at radius 3 is 1.96 bits per heavy atom. The Bertz CT molecular complexity index is 999. The smallest absolute Gasteiger partial charge is 0.249 e. The van der Waals surface area contributed by atoms with Crippen LogP contribution in [0.2, 0.25) is 0 Å². The number of aryl methyl sites for hydroxylation is 1. The lowest BCUT2D eigenvalue weighted by Crippen LogP contribution is -2.50. The van der Waals surface area contributed by atoms with Crippen LogP contribution in [0.5, 0.6) is 0 Å². The predicted octanol–water partition coefficient (Wildman–Crippen LogP) is 2.30. The molecule has 122 valence electrons. The maximum Gasteiger partial charge on any atom is 0.249 e. The summed E-state index contributed by atoms with van der Waals surface area (Å²) in [6.45, 7) is 4.46. The molecule has 5 nitrogen and oxygen atoms in total. The summed E-state index contributed by atoms with van der Waals surface area (Å²) >= 11 is 0. The van der Waals surface area contributed by atoms with Crippen molar-refractivity contribution in [2.24, 2.45) is 0 Å². The van der Waals surface area contributed by atoms with Crippen molar-refractivity contribution in [2.75, 3.05) is 7.11 Å². The van der Waals surface area contributed by atoms with Crippen LogP contribution in [-0.4, -0.2) is 16.2 Å². The third-order valence-corrected chi connectivity index (χ3v) is 4.47. The lowest BCUT2D eigenvalue weighted by Gasteiger charge is -1.95. The molecule has 0 bridgehead atoms. The molecule has 0 aliphatic rings. The molecule has 4 rings (SSSR count). The zero-order valence-electron chi connectivity index (χ0n) is 14.1. The highest BCUT2D eigenvalue weighted by molar-refractivity contribution is 5.72. The number of ether oxygens (including phenoxy) is 1. The van der Waals surface area contributed by atoms with Crippen molar-refractivity contribution in [3.63, 3.8) is 0 Å². The number of methoxy groups -OCH3 is 1. The number of aromatic nitrogens is 4. The maximum absolute atomic E-state index is 5.33. The lowest BCUT2D eigenvalue weighted by atomic mass is 10.3. The zero-order valence-corrected chi connectivity index (χ0v) is 14.1. The topological polar surface area (TPSA) is 26.8 Å². The van der Waals surface area contributed by atoms with Crippen molar-refractivity contribution in [1.29, 1.82) is 0 Å². The van der Waals surface area contributed by atoms with Gasteiger partial charge in [-0.15, -0.1) is 0 Å². The standard InChI is InChI=1S/C19H22N4O/c1-3-20-12-21(17-9-5-4-8-16(17)20)13-22-14-23(15-24-2)19-11-7-6-10-18(19)22/h4-12,14H,3,13,15H2,1-2H3/q+2. The van der Waals surface area contributed by atoms with Gasteiger partial charge in [-0.2, -0.15) is 9.13 Å². The van der Waals surface area contributed by atoms with E-state index in [-0.39, 0.29) is 0 Å². The van der Waals surface area contributed by atoms with Crippen molar-refractivity contribution >= 4 is 22.1 Å². The van der Waals surface area contributed by atoms with Gasteiger partial charge in [0.15, 0.2) is 28.8 Å². The summed E-state index contributed by atoms with van der Waals surface area (Å²) in [5.41, 5.74) is 4.89. The number of rotatable bonds is 5. The van der Waals surface area contributed by atoms with Crippen molar-refractivity contribution in [3.05, 3.63) is 61.2 Å². The number of hydrogen-bond acceptors (Lipinski definition) is 1. The van der Waals surface area contributed by atoms with Crippen LogP contribution in [0, 0.1) is 0 Å². The van der Waals surface area contributed by atoms with Crippen LogP contribution in [0.1, 0.15) is 6.92 Å². The third kappa shape index (κ3) is 2.37. The molecule has 0 radical (unpaired) electrons. The number of benzene rings is 2. The molecule has 0 saturated heterocycles. The molecule has 0 aliphatic heterocycles. The van der Waals surface area contributed by atoms with Gasteiger partial charge in [-0.25, -0.2) is 9.13 Å². The van der Waals surface area contributed by atoms with Gasteiger partial charge in [-0.3, -0.25) is 0 Å². The minimum Gasteiger partial charge on any atom is -0.345 e. The summed E-state index contributed by atoms with van der Waals surface area (Å²) in [5, 5.41) is 0. The van der Waals surface area contributed by atoms with Crippen LogP contribution in [-0.2, 0) is 24.7 Å². The van der Waals surface area contributed by atoms with E-state index in [1.807, 2.05) is 0 Å². The van der Waals surface area contributed by atoms with Crippen LogP contribution >= 0.6 is 0 Å². The van der Waals surface area contributed by atoms with Gasteiger partial charge in [0, 0.05) is 7.11 Å². The monoisotopic (exact) mass is 322 g/mol. The van der Waals surface area contributed by atoms with Crippen molar-refractivity contribution in [3.8, 4) is 0 Å². The summed E-state index contributed by atoms with van der Waals surface area (Å²) in [5.74, 6) is 0. The maximum atomic E-state index is 5.33. The van der Waals surface area contributed by atoms with Crippen molar-refractivity contribution in [2.45, 2.75) is 26.9 Å². The molecule has 0 saturated carbocycles. The number of imidazole rings is 2. The van der Waals surface area contributed by atoms with Crippen LogP contribution in [0.3, 0.4) is 0 Å². The first-order valence-corrected chi connectivity index (χ1v) is 8.25. The minimum atomic E-state index is 0.550. The average molecular weight is 322 g/mol. The Morgan fingerprint density at radius 2 is 1.38 bits per heavy atom. The van der Waals surface area contributed by atoms with Crippen molar-refractivity contribution < 1.29 is 13.9 Å². The highest BCUT2D eigenvalue weighted by atomic mass is 16.5. The average Bonchev–Trinajstić information content (AvgIpc) is 3.15. The third-order valence-electron chi connectivity index (χ3n) is 4.47. The molecule has 5 heteroatoms. The fraction of sp³-hybridized carbons (Fsp3) is 0.263. The molecule has 0 N–H and O–H groups in total. The predicted molar refractivity (Wildman–Crippen MR) is 92.3 cm³/mol. The van der Waals surface area contributed by atoms with Crippen LogP contribution in [0.25, 0.3) is 22.1 Å². The van der Waals surface area contributed by atoms with E-state index in [9.17, 15) is 0 Å². The molecule has 0 atom stereocenters. The van der Waals surface area contributed by atoms with E-state index in [0.717, 1.165) is 13.2 Å². The molecule has 2 aromatic heterocycles. The Morgan fingerprint density at radius 1 is 0.833 bits per heavy atom. The van der Waals surface area contributed by atoms with E-state index in [2.05, 4.69) is 86.4 Å². The largest absolute Gasteiger partial charge is 0.345 e. The second-order valence-corrected chi connectivity index (χ2v) is 5.96. The van der Waals surface area contributed by atoms with Gasteiger partial charge in [-0.1, -0.05) is 24.3 Å². The van der Waals surface area contributed by atoms with E-state index >= 15 is 0 Å². The number of nitrogens with zero attached hydrogens (tertiary/aromatic N) is 4. The van der Waals surface area contributed by atoms with Gasteiger partial charge in [0.05, 0.1) is 6.54 Å². The molecule has 0 spiro atoms. The van der Waals surface area contributed by atoms with E-state index < -0.39 is 0 Å². The Labute approximate surface area is 140 Å². The highest BCUT2D eigenvalue weighted by Crippen LogP contribution is 2.12.